The van der Waals surface area contributed by atoms with Crippen molar-refractivity contribution in [1.29, 1.82) is 0 Å². The lowest BCUT2D eigenvalue weighted by Gasteiger charge is -2.34. The highest BCUT2D eigenvalue weighted by atomic mass is 16.1. The van der Waals surface area contributed by atoms with E-state index in [2.05, 4.69) is 42.3 Å². The Hall–Kier alpha value is -1.39. The molecule has 98 valence electrons. The molecule has 1 amide bonds. The first kappa shape index (κ1) is 13.1. The molecule has 1 saturated heterocycles. The monoisotopic (exact) mass is 247 g/mol. The Labute approximate surface area is 108 Å². The molecule has 0 radical (unpaired) electrons. The molecule has 0 bridgehead atoms. The molecule has 3 N–H and O–H groups in total. The predicted octanol–water partition coefficient (Wildman–Crippen LogP) is 0.563. The maximum atomic E-state index is 11.4. The molecule has 0 aromatic heterocycles. The molecule has 0 spiro atoms. The molecule has 1 aromatic carbocycles. The van der Waals surface area contributed by atoms with Crippen molar-refractivity contribution in [3.8, 4) is 0 Å². The molecular formula is C14H21N3O. The van der Waals surface area contributed by atoms with Crippen molar-refractivity contribution in [2.24, 2.45) is 5.73 Å². The van der Waals surface area contributed by atoms with Crippen LogP contribution in [0.3, 0.4) is 0 Å². The van der Waals surface area contributed by atoms with Crippen molar-refractivity contribution < 1.29 is 4.79 Å². The molecule has 1 aliphatic rings. The van der Waals surface area contributed by atoms with E-state index in [0.29, 0.717) is 6.54 Å². The lowest BCUT2D eigenvalue weighted by Crippen LogP contribution is -2.56. The van der Waals surface area contributed by atoms with E-state index in [1.165, 1.54) is 16.7 Å². The first-order chi connectivity index (χ1) is 8.58. The van der Waals surface area contributed by atoms with Gasteiger partial charge >= 0.3 is 0 Å². The maximum absolute atomic E-state index is 11.4. The molecule has 1 aliphatic heterocycles. The van der Waals surface area contributed by atoms with E-state index in [4.69, 9.17) is 5.73 Å². The zero-order chi connectivity index (χ0) is 13.1. The number of aryl methyl sites for hydroxylation is 2. The van der Waals surface area contributed by atoms with Crippen LogP contribution in [0.1, 0.15) is 16.7 Å². The van der Waals surface area contributed by atoms with Gasteiger partial charge in [0, 0.05) is 26.2 Å². The molecule has 1 atom stereocenters. The Morgan fingerprint density at radius 1 is 1.44 bits per heavy atom. The highest BCUT2D eigenvalue weighted by molar-refractivity contribution is 5.80. The largest absolute Gasteiger partial charge is 0.368 e. The summed E-state index contributed by atoms with van der Waals surface area (Å²) in [6.07, 6.45) is 0. The summed E-state index contributed by atoms with van der Waals surface area (Å²) in [5.74, 6) is -0.244. The molecule has 0 saturated carbocycles. The zero-order valence-electron chi connectivity index (χ0n) is 11.1. The van der Waals surface area contributed by atoms with E-state index in [1.54, 1.807) is 0 Å². The van der Waals surface area contributed by atoms with Crippen molar-refractivity contribution >= 4 is 5.91 Å². The molecule has 0 aliphatic carbocycles. The lowest BCUT2D eigenvalue weighted by molar-refractivity contribution is -0.124. The third kappa shape index (κ3) is 2.89. The highest BCUT2D eigenvalue weighted by Crippen LogP contribution is 2.14. The third-order valence-corrected chi connectivity index (χ3v) is 3.64. The van der Waals surface area contributed by atoms with Gasteiger partial charge in [-0.05, 0) is 30.5 Å². The summed E-state index contributed by atoms with van der Waals surface area (Å²) in [6.45, 7) is 7.43. The van der Waals surface area contributed by atoms with E-state index in [-0.39, 0.29) is 11.9 Å². The van der Waals surface area contributed by atoms with Gasteiger partial charge in [0.25, 0.3) is 0 Å². The number of nitrogens with zero attached hydrogens (tertiary/aromatic N) is 1. The van der Waals surface area contributed by atoms with Crippen LogP contribution in [0.5, 0.6) is 0 Å². The zero-order valence-corrected chi connectivity index (χ0v) is 11.1. The van der Waals surface area contributed by atoms with Gasteiger partial charge in [-0.3, -0.25) is 9.69 Å². The second kappa shape index (κ2) is 5.50. The number of benzene rings is 1. The Morgan fingerprint density at radius 2 is 2.22 bits per heavy atom. The van der Waals surface area contributed by atoms with Crippen LogP contribution >= 0.6 is 0 Å². The first-order valence-electron chi connectivity index (χ1n) is 6.38. The number of amides is 1. The van der Waals surface area contributed by atoms with Gasteiger partial charge in [-0.2, -0.15) is 0 Å². The second-order valence-electron chi connectivity index (χ2n) is 5.01. The minimum absolute atomic E-state index is 0.194. The number of piperazine rings is 1. The summed E-state index contributed by atoms with van der Waals surface area (Å²) in [5.41, 5.74) is 9.27. The molecular weight excluding hydrogens is 226 g/mol. The number of nitrogens with two attached hydrogens (primary N) is 1. The molecule has 18 heavy (non-hydrogen) atoms. The van der Waals surface area contributed by atoms with Crippen LogP contribution in [-0.2, 0) is 11.3 Å². The summed E-state index contributed by atoms with van der Waals surface area (Å²) in [6, 6.07) is 6.25. The van der Waals surface area contributed by atoms with Gasteiger partial charge in [0.15, 0.2) is 0 Å². The van der Waals surface area contributed by atoms with Gasteiger partial charge in [0.1, 0.15) is 6.04 Å². The number of primary amides is 1. The quantitative estimate of drug-likeness (QED) is 0.820. The number of hydrogen-bond acceptors (Lipinski definition) is 3. The number of rotatable bonds is 3. The smallest absolute Gasteiger partial charge is 0.236 e. The molecule has 2 rings (SSSR count). The SMILES string of the molecule is Cc1ccc(CN2CCNCC2C(N)=O)cc1C. The molecule has 4 nitrogen and oxygen atoms in total. The van der Waals surface area contributed by atoms with Gasteiger partial charge in [0.2, 0.25) is 5.91 Å². The van der Waals surface area contributed by atoms with Crippen LogP contribution < -0.4 is 11.1 Å². The van der Waals surface area contributed by atoms with Crippen LogP contribution in [0, 0.1) is 13.8 Å². The average molecular weight is 247 g/mol. The maximum Gasteiger partial charge on any atom is 0.236 e. The van der Waals surface area contributed by atoms with Gasteiger partial charge in [0.05, 0.1) is 0 Å². The summed E-state index contributed by atoms with van der Waals surface area (Å²) in [5, 5.41) is 3.21. The van der Waals surface area contributed by atoms with Gasteiger partial charge in [-0.15, -0.1) is 0 Å². The minimum atomic E-state index is -0.244. The fraction of sp³-hybridized carbons (Fsp3) is 0.500. The topological polar surface area (TPSA) is 58.4 Å². The lowest BCUT2D eigenvalue weighted by atomic mass is 10.0. The van der Waals surface area contributed by atoms with Crippen molar-refractivity contribution in [3.63, 3.8) is 0 Å². The summed E-state index contributed by atoms with van der Waals surface area (Å²) < 4.78 is 0. The summed E-state index contributed by atoms with van der Waals surface area (Å²) >= 11 is 0. The average Bonchev–Trinajstić information content (AvgIpc) is 2.34. The number of carbonyl (C=O) groups excluding carboxylic acids is 1. The standard InChI is InChI=1S/C14H21N3O/c1-10-3-4-12(7-11(10)2)9-17-6-5-16-8-13(17)14(15)18/h3-4,7,13,16H,5-6,8-9H2,1-2H3,(H2,15,18). The Morgan fingerprint density at radius 3 is 2.89 bits per heavy atom. The van der Waals surface area contributed by atoms with Crippen molar-refractivity contribution in [2.75, 3.05) is 19.6 Å². The van der Waals surface area contributed by atoms with Gasteiger partial charge in [-0.1, -0.05) is 18.2 Å². The van der Waals surface area contributed by atoms with Crippen molar-refractivity contribution in [2.45, 2.75) is 26.4 Å². The highest BCUT2D eigenvalue weighted by Gasteiger charge is 2.26. The van der Waals surface area contributed by atoms with Gasteiger partial charge in [-0.25, -0.2) is 0 Å². The molecule has 1 aromatic rings. The van der Waals surface area contributed by atoms with E-state index in [1.807, 2.05) is 0 Å². The number of hydrogen-bond donors (Lipinski definition) is 2. The predicted molar refractivity (Wildman–Crippen MR) is 72.2 cm³/mol. The Balaban J connectivity index is 2.10. The van der Waals surface area contributed by atoms with E-state index < -0.39 is 0 Å². The number of carbonyl (C=O) groups is 1. The fourth-order valence-electron chi connectivity index (χ4n) is 2.35. The van der Waals surface area contributed by atoms with E-state index >= 15 is 0 Å². The van der Waals surface area contributed by atoms with Crippen LogP contribution in [0.4, 0.5) is 0 Å². The summed E-state index contributed by atoms with van der Waals surface area (Å²) in [4.78, 5) is 13.6. The van der Waals surface area contributed by atoms with E-state index in [0.717, 1.165) is 19.6 Å². The van der Waals surface area contributed by atoms with Crippen molar-refractivity contribution in [1.82, 2.24) is 10.2 Å². The van der Waals surface area contributed by atoms with Crippen LogP contribution in [-0.4, -0.2) is 36.5 Å². The summed E-state index contributed by atoms with van der Waals surface area (Å²) in [7, 11) is 0. The molecule has 1 heterocycles. The van der Waals surface area contributed by atoms with Crippen molar-refractivity contribution in [3.05, 3.63) is 34.9 Å². The molecule has 1 fully saturated rings. The molecule has 4 heteroatoms. The Kier molecular flexibility index (Phi) is 3.99. The minimum Gasteiger partial charge on any atom is -0.368 e. The Bertz CT molecular complexity index is 445. The van der Waals surface area contributed by atoms with Crippen LogP contribution in [0.25, 0.3) is 0 Å². The van der Waals surface area contributed by atoms with E-state index in [9.17, 15) is 4.79 Å². The second-order valence-corrected chi connectivity index (χ2v) is 5.01. The number of nitrogens with one attached hydrogen (secondary N) is 1. The fourth-order valence-corrected chi connectivity index (χ4v) is 2.35. The van der Waals surface area contributed by atoms with Crippen LogP contribution in [0.2, 0.25) is 0 Å². The first-order valence-corrected chi connectivity index (χ1v) is 6.38. The van der Waals surface area contributed by atoms with Gasteiger partial charge < -0.3 is 11.1 Å². The van der Waals surface area contributed by atoms with Crippen LogP contribution in [0.15, 0.2) is 18.2 Å². The third-order valence-electron chi connectivity index (χ3n) is 3.64. The molecule has 1 unspecified atom stereocenters. The normalized spacial score (nSPS) is 20.9.